The van der Waals surface area contributed by atoms with Crippen molar-refractivity contribution in [3.8, 4) is 11.4 Å². The molecule has 6 nitrogen and oxygen atoms in total. The van der Waals surface area contributed by atoms with Crippen LogP contribution in [-0.2, 0) is 22.7 Å². The number of fused-ring (bicyclic) bond motifs is 4. The maximum absolute atomic E-state index is 12.9. The summed E-state index contributed by atoms with van der Waals surface area (Å²) in [6.45, 7) is 4.45. The Morgan fingerprint density at radius 2 is 2.04 bits per heavy atom. The summed E-state index contributed by atoms with van der Waals surface area (Å²) in [5, 5.41) is 11.0. The monoisotopic (exact) mass is 366 g/mol. The van der Waals surface area contributed by atoms with Crippen molar-refractivity contribution in [2.75, 3.05) is 7.11 Å². The third-order valence-electron chi connectivity index (χ3n) is 4.54. The first-order chi connectivity index (χ1) is 13.1. The number of ether oxygens (including phenoxy) is 1. The van der Waals surface area contributed by atoms with Crippen LogP contribution in [0.5, 0.6) is 0 Å². The van der Waals surface area contributed by atoms with Gasteiger partial charge >= 0.3 is 0 Å². The van der Waals surface area contributed by atoms with Crippen molar-refractivity contribution in [1.29, 1.82) is 0 Å². The van der Waals surface area contributed by atoms with Crippen molar-refractivity contribution in [1.82, 2.24) is 9.55 Å². The largest absolute Gasteiger partial charge is 0.381 e. The molecule has 3 aromatic rings. The van der Waals surface area contributed by atoms with Crippen molar-refractivity contribution in [2.24, 2.45) is 0 Å². The summed E-state index contributed by atoms with van der Waals surface area (Å²) in [7, 11) is 1.47. The predicted molar refractivity (Wildman–Crippen MR) is 104 cm³/mol. The molecule has 1 aliphatic heterocycles. The van der Waals surface area contributed by atoms with Crippen molar-refractivity contribution in [3.63, 3.8) is 0 Å². The number of aromatic nitrogens is 2. The third-order valence-corrected chi connectivity index (χ3v) is 4.54. The molecule has 1 unspecified atom stereocenters. The lowest BCUT2D eigenvalue weighted by Gasteiger charge is -2.14. The molecule has 140 valence electrons. The predicted octanol–water partition coefficient (Wildman–Crippen LogP) is 2.83. The molecule has 0 saturated heterocycles. The molecule has 0 spiro atoms. The fourth-order valence-electron chi connectivity index (χ4n) is 3.36. The number of hydrogen-bond acceptors (Lipinski definition) is 5. The normalized spacial score (nSPS) is 12.7. The fraction of sp³-hybridized carbons (Fsp3) is 0.286. The van der Waals surface area contributed by atoms with Crippen LogP contribution in [0.4, 0.5) is 0 Å². The summed E-state index contributed by atoms with van der Waals surface area (Å²) >= 11 is 0. The van der Waals surface area contributed by atoms with Crippen LogP contribution in [0.3, 0.4) is 0 Å². The lowest BCUT2D eigenvalue weighted by Crippen LogP contribution is -2.26. The van der Waals surface area contributed by atoms with Crippen molar-refractivity contribution < 1.29 is 14.6 Å². The molecule has 2 aromatic heterocycles. The summed E-state index contributed by atoms with van der Waals surface area (Å²) in [5.74, 6) is 0. The van der Waals surface area contributed by atoms with Gasteiger partial charge in [-0.3, -0.25) is 4.79 Å². The van der Waals surface area contributed by atoms with Gasteiger partial charge in [-0.05, 0) is 18.2 Å². The summed E-state index contributed by atoms with van der Waals surface area (Å²) in [5.41, 5.74) is 3.40. The van der Waals surface area contributed by atoms with Crippen molar-refractivity contribution in [2.45, 2.75) is 33.1 Å². The van der Waals surface area contributed by atoms with E-state index in [0.717, 1.165) is 16.5 Å². The van der Waals surface area contributed by atoms with Gasteiger partial charge in [-0.2, -0.15) is 0 Å². The third kappa shape index (κ3) is 3.18. The standard InChI is InChI=1S/C19H16N2O4.C2H6/c1-25-10-14-13(17(23)9-22)7-16-18-12(8-21(16)19(14)24)6-11-4-2-3-5-15(11)20-18;1-2/h2-7,9,17,23H,8,10H2,1H3;1-2H3. The maximum Gasteiger partial charge on any atom is 0.257 e. The Bertz CT molecular complexity index is 1060. The van der Waals surface area contributed by atoms with E-state index in [2.05, 4.69) is 4.98 Å². The number of nitrogens with zero attached hydrogens (tertiary/aromatic N) is 2. The van der Waals surface area contributed by atoms with Gasteiger partial charge in [-0.15, -0.1) is 0 Å². The molecule has 1 atom stereocenters. The van der Waals surface area contributed by atoms with Crippen LogP contribution in [0.2, 0.25) is 0 Å². The number of aliphatic hydroxyl groups is 1. The topological polar surface area (TPSA) is 81.4 Å². The molecule has 0 bridgehead atoms. The van der Waals surface area contributed by atoms with E-state index in [1.54, 1.807) is 10.6 Å². The average Bonchev–Trinajstić information content (AvgIpc) is 3.07. The van der Waals surface area contributed by atoms with Crippen LogP contribution in [0.15, 0.2) is 41.2 Å². The number of benzene rings is 1. The van der Waals surface area contributed by atoms with Gasteiger partial charge in [-0.25, -0.2) is 4.98 Å². The van der Waals surface area contributed by atoms with E-state index in [0.29, 0.717) is 29.8 Å². The molecule has 0 fully saturated rings. The van der Waals surface area contributed by atoms with Crippen LogP contribution in [0, 0.1) is 0 Å². The zero-order valence-corrected chi connectivity index (χ0v) is 15.6. The molecule has 4 rings (SSSR count). The summed E-state index contributed by atoms with van der Waals surface area (Å²) in [6.07, 6.45) is -0.956. The highest BCUT2D eigenvalue weighted by molar-refractivity contribution is 5.84. The molecule has 0 saturated carbocycles. The van der Waals surface area contributed by atoms with Crippen molar-refractivity contribution in [3.05, 3.63) is 63.4 Å². The number of rotatable bonds is 4. The second-order valence-corrected chi connectivity index (χ2v) is 6.06. The van der Waals surface area contributed by atoms with Crippen LogP contribution in [0.25, 0.3) is 22.3 Å². The van der Waals surface area contributed by atoms with Crippen LogP contribution >= 0.6 is 0 Å². The first-order valence-corrected chi connectivity index (χ1v) is 8.92. The lowest BCUT2D eigenvalue weighted by atomic mass is 10.0. The van der Waals surface area contributed by atoms with E-state index in [1.807, 2.05) is 44.2 Å². The van der Waals surface area contributed by atoms with Crippen molar-refractivity contribution >= 4 is 17.2 Å². The number of methoxy groups -OCH3 is 1. The van der Waals surface area contributed by atoms with Gasteiger partial charge in [0.2, 0.25) is 0 Å². The molecule has 27 heavy (non-hydrogen) atoms. The van der Waals surface area contributed by atoms with Crippen LogP contribution in [-0.4, -0.2) is 28.1 Å². The maximum atomic E-state index is 12.9. The number of carbonyl (C=O) groups excluding carboxylic acids is 1. The van der Waals surface area contributed by atoms with Gasteiger partial charge in [0.05, 0.1) is 30.1 Å². The Labute approximate surface area is 157 Å². The number of pyridine rings is 2. The quantitative estimate of drug-likeness (QED) is 0.562. The van der Waals surface area contributed by atoms with E-state index < -0.39 is 6.10 Å². The minimum absolute atomic E-state index is 0.0328. The fourth-order valence-corrected chi connectivity index (χ4v) is 3.36. The zero-order chi connectivity index (χ0) is 19.6. The molecule has 0 aliphatic carbocycles. The second-order valence-electron chi connectivity index (χ2n) is 6.06. The zero-order valence-electron chi connectivity index (χ0n) is 15.6. The summed E-state index contributed by atoms with van der Waals surface area (Å²) < 4.78 is 6.70. The van der Waals surface area contributed by atoms with E-state index in [1.165, 1.54) is 7.11 Å². The van der Waals surface area contributed by atoms with Gasteiger partial charge in [0.1, 0.15) is 6.10 Å². The Hall–Kier alpha value is -2.83. The highest BCUT2D eigenvalue weighted by Gasteiger charge is 2.26. The minimum Gasteiger partial charge on any atom is -0.381 e. The molecule has 6 heteroatoms. The molecule has 0 radical (unpaired) electrons. The Balaban J connectivity index is 0.00000102. The minimum atomic E-state index is -1.37. The first kappa shape index (κ1) is 18.9. The van der Waals surface area contributed by atoms with Gasteiger partial charge in [0.25, 0.3) is 5.56 Å². The Morgan fingerprint density at radius 1 is 1.30 bits per heavy atom. The number of carbonyl (C=O) groups is 1. The Morgan fingerprint density at radius 3 is 2.74 bits per heavy atom. The SMILES string of the molecule is CC.COCc1c(C(O)C=O)cc2n(c1=O)Cc1cc3ccccc3nc1-2. The first-order valence-electron chi connectivity index (χ1n) is 8.92. The molecule has 1 N–H and O–H groups in total. The molecule has 1 aromatic carbocycles. The van der Waals surface area contributed by atoms with E-state index in [4.69, 9.17) is 4.74 Å². The van der Waals surface area contributed by atoms with Gasteiger partial charge in [-0.1, -0.05) is 32.0 Å². The van der Waals surface area contributed by atoms with Crippen LogP contribution in [0.1, 0.15) is 36.6 Å². The highest BCUT2D eigenvalue weighted by Crippen LogP contribution is 2.33. The molecule has 3 heterocycles. The van der Waals surface area contributed by atoms with Gasteiger partial charge in [0, 0.05) is 29.2 Å². The smallest absolute Gasteiger partial charge is 0.257 e. The van der Waals surface area contributed by atoms with Gasteiger partial charge < -0.3 is 19.2 Å². The molecular formula is C21H22N2O4. The summed E-state index contributed by atoms with van der Waals surface area (Å²) in [6, 6.07) is 11.4. The molecule has 1 aliphatic rings. The Kier molecular flexibility index (Phi) is 5.48. The number of hydrogen-bond donors (Lipinski definition) is 1. The lowest BCUT2D eigenvalue weighted by molar-refractivity contribution is -0.115. The highest BCUT2D eigenvalue weighted by atomic mass is 16.5. The number of aliphatic hydroxyl groups excluding tert-OH is 1. The second kappa shape index (κ2) is 7.82. The molecule has 0 amide bonds. The summed E-state index contributed by atoms with van der Waals surface area (Å²) in [4.78, 5) is 28.6. The molecular weight excluding hydrogens is 344 g/mol. The van der Waals surface area contributed by atoms with E-state index >= 15 is 0 Å². The van der Waals surface area contributed by atoms with E-state index in [9.17, 15) is 14.7 Å². The van der Waals surface area contributed by atoms with Crippen LogP contribution < -0.4 is 5.56 Å². The number of para-hydroxylation sites is 1. The van der Waals surface area contributed by atoms with Gasteiger partial charge in [0.15, 0.2) is 6.29 Å². The number of aldehydes is 1. The average molecular weight is 366 g/mol. The van der Waals surface area contributed by atoms with E-state index in [-0.39, 0.29) is 17.7 Å².